The van der Waals surface area contributed by atoms with Crippen LogP contribution in [0.1, 0.15) is 25.7 Å². The molecule has 4 nitrogen and oxygen atoms in total. The van der Waals surface area contributed by atoms with Gasteiger partial charge in [-0.25, -0.2) is 8.42 Å². The highest BCUT2D eigenvalue weighted by atomic mass is 32.2. The minimum absolute atomic E-state index is 0.306. The molecule has 1 aliphatic rings. The number of alkyl halides is 2. The van der Waals surface area contributed by atoms with E-state index in [-0.39, 0.29) is 4.90 Å². The van der Waals surface area contributed by atoms with E-state index in [4.69, 9.17) is 5.73 Å². The minimum atomic E-state index is -4.51. The summed E-state index contributed by atoms with van der Waals surface area (Å²) in [5, 5.41) is 3.21. The molecule has 0 saturated heterocycles. The van der Waals surface area contributed by atoms with E-state index in [0.717, 1.165) is 37.9 Å². The van der Waals surface area contributed by atoms with Gasteiger partial charge in [0.25, 0.3) is 0 Å². The molecule has 21 heavy (non-hydrogen) atoms. The molecule has 1 aromatic rings. The third kappa shape index (κ3) is 4.14. The fraction of sp³-hybridized carbons (Fsp3) is 0.571. The number of hydrogen-bond acceptors (Lipinski definition) is 4. The van der Waals surface area contributed by atoms with Crippen LogP contribution >= 0.6 is 0 Å². The van der Waals surface area contributed by atoms with Gasteiger partial charge < -0.3 is 11.1 Å². The number of halogens is 2. The number of nitrogens with one attached hydrogen (secondary N) is 1. The fourth-order valence-electron chi connectivity index (χ4n) is 2.52. The molecule has 1 saturated carbocycles. The number of anilines is 1. The van der Waals surface area contributed by atoms with Crippen LogP contribution in [0.3, 0.4) is 0 Å². The van der Waals surface area contributed by atoms with Gasteiger partial charge in [0.05, 0.1) is 4.90 Å². The van der Waals surface area contributed by atoms with Gasteiger partial charge in [-0.3, -0.25) is 0 Å². The van der Waals surface area contributed by atoms with Crippen LogP contribution in [0.5, 0.6) is 0 Å². The van der Waals surface area contributed by atoms with Gasteiger partial charge in [0.2, 0.25) is 9.84 Å². The van der Waals surface area contributed by atoms with Gasteiger partial charge in [0.15, 0.2) is 0 Å². The van der Waals surface area contributed by atoms with Crippen LogP contribution in [0.4, 0.5) is 14.5 Å². The smallest absolute Gasteiger partial charge is 0.341 e. The predicted octanol–water partition coefficient (Wildman–Crippen LogP) is 2.61. The molecule has 118 valence electrons. The van der Waals surface area contributed by atoms with Gasteiger partial charge >= 0.3 is 5.76 Å². The van der Waals surface area contributed by atoms with E-state index in [9.17, 15) is 17.2 Å². The Morgan fingerprint density at radius 3 is 2.24 bits per heavy atom. The second kappa shape index (κ2) is 6.70. The first kappa shape index (κ1) is 16.2. The first-order chi connectivity index (χ1) is 9.89. The average Bonchev–Trinajstić information content (AvgIpc) is 2.47. The summed E-state index contributed by atoms with van der Waals surface area (Å²) in [4.78, 5) is -0.355. The van der Waals surface area contributed by atoms with Gasteiger partial charge in [0.1, 0.15) is 0 Å². The molecule has 2 rings (SSSR count). The van der Waals surface area contributed by atoms with E-state index in [1.807, 2.05) is 0 Å². The Bertz CT molecular complexity index is 553. The molecule has 0 unspecified atom stereocenters. The Labute approximate surface area is 123 Å². The quantitative estimate of drug-likeness (QED) is 0.875. The molecule has 0 radical (unpaired) electrons. The summed E-state index contributed by atoms with van der Waals surface area (Å²) >= 11 is 0. The first-order valence-electron chi connectivity index (χ1n) is 7.01. The van der Waals surface area contributed by atoms with Crippen LogP contribution in [0.2, 0.25) is 0 Å². The van der Waals surface area contributed by atoms with Crippen molar-refractivity contribution < 1.29 is 17.2 Å². The zero-order chi connectivity index (χ0) is 15.5. The van der Waals surface area contributed by atoms with Crippen LogP contribution in [0, 0.1) is 5.92 Å². The molecule has 0 bridgehead atoms. The topological polar surface area (TPSA) is 72.2 Å². The lowest BCUT2D eigenvalue weighted by molar-refractivity contribution is 0.234. The summed E-state index contributed by atoms with van der Waals surface area (Å²) in [7, 11) is -4.51. The number of hydrogen-bond donors (Lipinski definition) is 2. The SMILES string of the molecule is NC1CCC(CNc2ccc(S(=O)(=O)C(F)F)cc2)CC1. The van der Waals surface area contributed by atoms with Crippen molar-refractivity contribution in [1.82, 2.24) is 0 Å². The van der Waals surface area contributed by atoms with Gasteiger partial charge in [-0.15, -0.1) is 0 Å². The molecule has 0 aromatic heterocycles. The second-order valence-corrected chi connectivity index (χ2v) is 7.41. The van der Waals surface area contributed by atoms with E-state index in [0.29, 0.717) is 12.0 Å². The Kier molecular flexibility index (Phi) is 5.16. The Balaban J connectivity index is 1.91. The molecule has 1 aliphatic carbocycles. The zero-order valence-electron chi connectivity index (χ0n) is 11.6. The summed E-state index contributed by atoms with van der Waals surface area (Å²) < 4.78 is 47.4. The van der Waals surface area contributed by atoms with Crippen molar-refractivity contribution in [3.8, 4) is 0 Å². The molecule has 3 N–H and O–H groups in total. The highest BCUT2D eigenvalue weighted by molar-refractivity contribution is 7.91. The zero-order valence-corrected chi connectivity index (χ0v) is 12.5. The van der Waals surface area contributed by atoms with E-state index >= 15 is 0 Å². The maximum absolute atomic E-state index is 12.4. The van der Waals surface area contributed by atoms with Crippen LogP contribution in [0.25, 0.3) is 0 Å². The molecule has 1 fully saturated rings. The van der Waals surface area contributed by atoms with E-state index in [2.05, 4.69) is 5.32 Å². The Hall–Kier alpha value is -1.21. The lowest BCUT2D eigenvalue weighted by Gasteiger charge is -2.26. The van der Waals surface area contributed by atoms with E-state index in [1.165, 1.54) is 24.3 Å². The molecule has 0 spiro atoms. The minimum Gasteiger partial charge on any atom is -0.385 e. The lowest BCUT2D eigenvalue weighted by Crippen LogP contribution is -2.29. The van der Waals surface area contributed by atoms with Crippen molar-refractivity contribution in [3.63, 3.8) is 0 Å². The Morgan fingerprint density at radius 2 is 1.71 bits per heavy atom. The first-order valence-corrected chi connectivity index (χ1v) is 8.56. The van der Waals surface area contributed by atoms with E-state index in [1.54, 1.807) is 0 Å². The van der Waals surface area contributed by atoms with Crippen LogP contribution in [0.15, 0.2) is 29.2 Å². The van der Waals surface area contributed by atoms with Crippen molar-refractivity contribution in [2.24, 2.45) is 11.7 Å². The summed E-state index contributed by atoms with van der Waals surface area (Å²) in [5.41, 5.74) is 6.58. The largest absolute Gasteiger partial charge is 0.385 e. The summed E-state index contributed by atoms with van der Waals surface area (Å²) in [6, 6.07) is 5.76. The van der Waals surface area contributed by atoms with Crippen molar-refractivity contribution >= 4 is 15.5 Å². The van der Waals surface area contributed by atoms with Crippen LogP contribution in [-0.4, -0.2) is 26.8 Å². The fourth-order valence-corrected chi connectivity index (χ4v) is 3.24. The normalized spacial score (nSPS) is 23.2. The van der Waals surface area contributed by atoms with Crippen molar-refractivity contribution in [2.45, 2.75) is 42.4 Å². The van der Waals surface area contributed by atoms with Gasteiger partial charge in [-0.2, -0.15) is 8.78 Å². The molecule has 0 heterocycles. The third-order valence-corrected chi connectivity index (χ3v) is 5.30. The number of sulfone groups is 1. The highest BCUT2D eigenvalue weighted by Gasteiger charge is 2.26. The molecule has 0 amide bonds. The van der Waals surface area contributed by atoms with E-state index < -0.39 is 15.6 Å². The van der Waals surface area contributed by atoms with Crippen LogP contribution in [-0.2, 0) is 9.84 Å². The number of rotatable bonds is 5. The van der Waals surface area contributed by atoms with Gasteiger partial charge in [-0.1, -0.05) is 0 Å². The monoisotopic (exact) mass is 318 g/mol. The van der Waals surface area contributed by atoms with Crippen molar-refractivity contribution in [1.29, 1.82) is 0 Å². The molecule has 0 aliphatic heterocycles. The maximum atomic E-state index is 12.4. The maximum Gasteiger partial charge on any atom is 0.341 e. The number of nitrogens with two attached hydrogens (primary N) is 1. The Morgan fingerprint density at radius 1 is 1.14 bits per heavy atom. The summed E-state index contributed by atoms with van der Waals surface area (Å²) in [5.74, 6) is -2.84. The van der Waals surface area contributed by atoms with Crippen LogP contribution < -0.4 is 11.1 Å². The molecule has 0 atom stereocenters. The molecule has 1 aromatic carbocycles. The summed E-state index contributed by atoms with van der Waals surface area (Å²) in [6.07, 6.45) is 4.20. The highest BCUT2D eigenvalue weighted by Crippen LogP contribution is 2.24. The molecular formula is C14H20F2N2O2S. The van der Waals surface area contributed by atoms with Gasteiger partial charge in [-0.05, 0) is 55.9 Å². The van der Waals surface area contributed by atoms with Crippen molar-refractivity contribution in [3.05, 3.63) is 24.3 Å². The lowest BCUT2D eigenvalue weighted by atomic mass is 9.86. The standard InChI is InChI=1S/C14H20F2N2O2S/c15-14(16)21(19,20)13-7-5-12(6-8-13)18-9-10-1-3-11(17)4-2-10/h5-8,10-11,14,18H,1-4,9,17H2. The third-order valence-electron chi connectivity index (χ3n) is 3.90. The average molecular weight is 318 g/mol. The van der Waals surface area contributed by atoms with Gasteiger partial charge in [0, 0.05) is 18.3 Å². The second-order valence-electron chi connectivity index (χ2n) is 5.49. The summed E-state index contributed by atoms with van der Waals surface area (Å²) in [6.45, 7) is 0.785. The number of benzene rings is 1. The predicted molar refractivity (Wildman–Crippen MR) is 78.1 cm³/mol. The molecular weight excluding hydrogens is 298 g/mol. The molecule has 7 heteroatoms. The van der Waals surface area contributed by atoms with Crippen molar-refractivity contribution in [2.75, 3.05) is 11.9 Å².